The molecule has 1 aliphatic heterocycles. The highest BCUT2D eigenvalue weighted by Gasteiger charge is 2.19. The molecule has 1 aromatic heterocycles. The summed E-state index contributed by atoms with van der Waals surface area (Å²) < 4.78 is 2.24. The van der Waals surface area contributed by atoms with Crippen molar-refractivity contribution in [2.24, 2.45) is 0 Å². The molecule has 1 aromatic rings. The Labute approximate surface area is 111 Å². The summed E-state index contributed by atoms with van der Waals surface area (Å²) >= 11 is 0. The number of nitrogens with zero attached hydrogens (tertiary/aromatic N) is 4. The lowest BCUT2D eigenvalue weighted by Crippen LogP contribution is -2.30. The van der Waals surface area contributed by atoms with E-state index in [4.69, 9.17) is 0 Å². The van der Waals surface area contributed by atoms with E-state index >= 15 is 0 Å². The maximum absolute atomic E-state index is 4.48. The SMILES string of the molecule is CCn1ccnc1CN1CCC[C@H](N(C)C)CC1. The van der Waals surface area contributed by atoms with E-state index in [0.717, 1.165) is 19.1 Å². The molecular formula is C14H26N4. The van der Waals surface area contributed by atoms with Crippen molar-refractivity contribution in [1.29, 1.82) is 0 Å². The molecule has 0 bridgehead atoms. The van der Waals surface area contributed by atoms with Crippen molar-refractivity contribution >= 4 is 0 Å². The minimum absolute atomic E-state index is 0.751. The molecular weight excluding hydrogens is 224 g/mol. The summed E-state index contributed by atoms with van der Waals surface area (Å²) in [6.45, 7) is 6.60. The van der Waals surface area contributed by atoms with Gasteiger partial charge in [-0.2, -0.15) is 0 Å². The third kappa shape index (κ3) is 3.33. The van der Waals surface area contributed by atoms with Crippen LogP contribution in [0.15, 0.2) is 12.4 Å². The van der Waals surface area contributed by atoms with Crippen molar-refractivity contribution in [2.75, 3.05) is 27.2 Å². The zero-order valence-corrected chi connectivity index (χ0v) is 12.0. The van der Waals surface area contributed by atoms with Gasteiger partial charge in [-0.15, -0.1) is 0 Å². The van der Waals surface area contributed by atoms with Crippen LogP contribution in [0.25, 0.3) is 0 Å². The maximum atomic E-state index is 4.48. The fourth-order valence-corrected chi connectivity index (χ4v) is 2.79. The van der Waals surface area contributed by atoms with Crippen molar-refractivity contribution in [3.63, 3.8) is 0 Å². The minimum Gasteiger partial charge on any atom is -0.334 e. The lowest BCUT2D eigenvalue weighted by atomic mass is 10.1. The van der Waals surface area contributed by atoms with Crippen LogP contribution < -0.4 is 0 Å². The predicted octanol–water partition coefficient (Wildman–Crippen LogP) is 1.82. The van der Waals surface area contributed by atoms with Gasteiger partial charge in [0.05, 0.1) is 6.54 Å². The average molecular weight is 250 g/mol. The van der Waals surface area contributed by atoms with Crippen LogP contribution in [0.2, 0.25) is 0 Å². The van der Waals surface area contributed by atoms with Gasteiger partial charge in [0, 0.05) is 31.5 Å². The van der Waals surface area contributed by atoms with Crippen LogP contribution in [0.4, 0.5) is 0 Å². The molecule has 2 heterocycles. The van der Waals surface area contributed by atoms with E-state index in [2.05, 4.69) is 46.6 Å². The lowest BCUT2D eigenvalue weighted by molar-refractivity contribution is 0.240. The smallest absolute Gasteiger partial charge is 0.122 e. The van der Waals surface area contributed by atoms with Gasteiger partial charge in [0.2, 0.25) is 0 Å². The number of hydrogen-bond acceptors (Lipinski definition) is 3. The molecule has 1 aliphatic rings. The quantitative estimate of drug-likeness (QED) is 0.814. The molecule has 0 aliphatic carbocycles. The van der Waals surface area contributed by atoms with Gasteiger partial charge >= 0.3 is 0 Å². The molecule has 1 saturated heterocycles. The second kappa shape index (κ2) is 6.34. The van der Waals surface area contributed by atoms with E-state index in [1.54, 1.807) is 0 Å². The van der Waals surface area contributed by atoms with Gasteiger partial charge in [-0.05, 0) is 46.8 Å². The second-order valence-corrected chi connectivity index (χ2v) is 5.45. The summed E-state index contributed by atoms with van der Waals surface area (Å²) in [6.07, 6.45) is 7.90. The third-order valence-electron chi connectivity index (χ3n) is 4.03. The summed E-state index contributed by atoms with van der Waals surface area (Å²) in [4.78, 5) is 9.40. The summed E-state index contributed by atoms with van der Waals surface area (Å²) in [5.74, 6) is 1.21. The molecule has 1 fully saturated rings. The van der Waals surface area contributed by atoms with Crippen molar-refractivity contribution < 1.29 is 0 Å². The lowest BCUT2D eigenvalue weighted by Gasteiger charge is -2.23. The molecule has 0 saturated carbocycles. The van der Waals surface area contributed by atoms with Crippen LogP contribution in [-0.2, 0) is 13.1 Å². The molecule has 0 radical (unpaired) electrons. The molecule has 18 heavy (non-hydrogen) atoms. The Morgan fingerprint density at radius 3 is 2.89 bits per heavy atom. The van der Waals surface area contributed by atoms with Gasteiger partial charge in [-0.3, -0.25) is 4.90 Å². The van der Waals surface area contributed by atoms with E-state index in [1.807, 2.05) is 6.20 Å². The Bertz CT molecular complexity index is 358. The molecule has 0 N–H and O–H groups in total. The van der Waals surface area contributed by atoms with Gasteiger partial charge < -0.3 is 9.47 Å². The van der Waals surface area contributed by atoms with Gasteiger partial charge in [-0.25, -0.2) is 4.98 Å². The molecule has 102 valence electrons. The van der Waals surface area contributed by atoms with E-state index in [9.17, 15) is 0 Å². The van der Waals surface area contributed by atoms with E-state index in [0.29, 0.717) is 0 Å². The van der Waals surface area contributed by atoms with Gasteiger partial charge in [0.15, 0.2) is 0 Å². The van der Waals surface area contributed by atoms with E-state index < -0.39 is 0 Å². The van der Waals surface area contributed by atoms with Crippen molar-refractivity contribution in [1.82, 2.24) is 19.4 Å². The molecule has 0 unspecified atom stereocenters. The zero-order valence-electron chi connectivity index (χ0n) is 12.0. The van der Waals surface area contributed by atoms with Gasteiger partial charge in [0.25, 0.3) is 0 Å². The minimum atomic E-state index is 0.751. The highest BCUT2D eigenvalue weighted by Crippen LogP contribution is 2.16. The molecule has 0 aromatic carbocycles. The number of aromatic nitrogens is 2. The van der Waals surface area contributed by atoms with Crippen LogP contribution in [-0.4, -0.2) is 52.6 Å². The standard InChI is InChI=1S/C14H26N4/c1-4-18-11-8-15-14(18)12-17-9-5-6-13(7-10-17)16(2)3/h8,11,13H,4-7,9-10,12H2,1-3H3/t13-/m0/s1. The number of hydrogen-bond donors (Lipinski definition) is 0. The van der Waals surface area contributed by atoms with E-state index in [1.165, 1.54) is 38.2 Å². The zero-order chi connectivity index (χ0) is 13.0. The first kappa shape index (κ1) is 13.6. The van der Waals surface area contributed by atoms with Crippen LogP contribution in [0, 0.1) is 0 Å². The Kier molecular flexibility index (Phi) is 4.78. The fourth-order valence-electron chi connectivity index (χ4n) is 2.79. The van der Waals surface area contributed by atoms with Crippen molar-refractivity contribution in [2.45, 2.75) is 45.3 Å². The first-order chi connectivity index (χ1) is 8.70. The summed E-state index contributed by atoms with van der Waals surface area (Å²) in [5.41, 5.74) is 0. The van der Waals surface area contributed by atoms with Crippen LogP contribution in [0.1, 0.15) is 32.0 Å². The largest absolute Gasteiger partial charge is 0.334 e. The Morgan fingerprint density at radius 2 is 2.17 bits per heavy atom. The summed E-state index contributed by atoms with van der Waals surface area (Å²) in [7, 11) is 4.40. The number of imidazole rings is 1. The molecule has 0 spiro atoms. The Hall–Kier alpha value is -0.870. The average Bonchev–Trinajstić information content (AvgIpc) is 2.65. The van der Waals surface area contributed by atoms with Crippen molar-refractivity contribution in [3.8, 4) is 0 Å². The van der Waals surface area contributed by atoms with E-state index in [-0.39, 0.29) is 0 Å². The maximum Gasteiger partial charge on any atom is 0.122 e. The van der Waals surface area contributed by atoms with Crippen LogP contribution >= 0.6 is 0 Å². The fraction of sp³-hybridized carbons (Fsp3) is 0.786. The topological polar surface area (TPSA) is 24.3 Å². The normalized spacial score (nSPS) is 22.3. The van der Waals surface area contributed by atoms with Gasteiger partial charge in [-0.1, -0.05) is 0 Å². The monoisotopic (exact) mass is 250 g/mol. The molecule has 1 atom stereocenters. The third-order valence-corrected chi connectivity index (χ3v) is 4.03. The van der Waals surface area contributed by atoms with Gasteiger partial charge in [0.1, 0.15) is 5.82 Å². The predicted molar refractivity (Wildman–Crippen MR) is 74.5 cm³/mol. The van der Waals surface area contributed by atoms with Crippen LogP contribution in [0.3, 0.4) is 0 Å². The highest BCUT2D eigenvalue weighted by atomic mass is 15.2. The second-order valence-electron chi connectivity index (χ2n) is 5.45. The Balaban J connectivity index is 1.91. The van der Waals surface area contributed by atoms with Crippen LogP contribution in [0.5, 0.6) is 0 Å². The molecule has 0 amide bonds. The number of aryl methyl sites for hydroxylation is 1. The summed E-state index contributed by atoms with van der Waals surface area (Å²) in [5, 5.41) is 0. The first-order valence-electron chi connectivity index (χ1n) is 7.09. The highest BCUT2D eigenvalue weighted by molar-refractivity contribution is 4.92. The first-order valence-corrected chi connectivity index (χ1v) is 7.09. The Morgan fingerprint density at radius 1 is 1.33 bits per heavy atom. The molecule has 4 heteroatoms. The number of likely N-dealkylation sites (tertiary alicyclic amines) is 1. The molecule has 4 nitrogen and oxygen atoms in total. The van der Waals surface area contributed by atoms with Crippen molar-refractivity contribution in [3.05, 3.63) is 18.2 Å². The molecule has 2 rings (SSSR count). The number of rotatable bonds is 4. The summed E-state index contributed by atoms with van der Waals surface area (Å²) in [6, 6.07) is 0.751.